The van der Waals surface area contributed by atoms with Crippen LogP contribution >= 0.6 is 15.9 Å². The summed E-state index contributed by atoms with van der Waals surface area (Å²) in [5, 5.41) is 0. The van der Waals surface area contributed by atoms with E-state index in [1.807, 2.05) is 25.1 Å². The molecule has 0 fully saturated rings. The highest BCUT2D eigenvalue weighted by Crippen LogP contribution is 2.23. The maximum absolute atomic E-state index is 5.51. The first-order chi connectivity index (χ1) is 7.56. The molecule has 0 atom stereocenters. The first-order valence-electron chi connectivity index (χ1n) is 4.60. The van der Waals surface area contributed by atoms with Crippen LogP contribution in [0.5, 0.6) is 0 Å². The van der Waals surface area contributed by atoms with Gasteiger partial charge in [-0.15, -0.1) is 0 Å². The minimum Gasteiger partial charge on any atom is -0.368 e. The van der Waals surface area contributed by atoms with Gasteiger partial charge in [-0.1, -0.05) is 28.1 Å². The van der Waals surface area contributed by atoms with Crippen molar-refractivity contribution in [1.29, 1.82) is 0 Å². The molecule has 0 bridgehead atoms. The Bertz CT molecular complexity index is 520. The molecule has 0 radical (unpaired) electrons. The highest BCUT2D eigenvalue weighted by Gasteiger charge is 2.06. The van der Waals surface area contributed by atoms with Gasteiger partial charge in [0.2, 0.25) is 11.9 Å². The van der Waals surface area contributed by atoms with Crippen LogP contribution in [-0.2, 0) is 0 Å². The molecular formula is C10H10BrN5. The lowest BCUT2D eigenvalue weighted by Gasteiger charge is -2.04. The molecule has 0 aliphatic rings. The Morgan fingerprint density at radius 1 is 1.06 bits per heavy atom. The molecule has 0 saturated carbocycles. The molecule has 0 aliphatic carbocycles. The molecule has 2 aromatic rings. The van der Waals surface area contributed by atoms with Gasteiger partial charge < -0.3 is 11.5 Å². The molecular weight excluding hydrogens is 270 g/mol. The quantitative estimate of drug-likeness (QED) is 0.830. The highest BCUT2D eigenvalue weighted by molar-refractivity contribution is 9.10. The largest absolute Gasteiger partial charge is 0.368 e. The number of hydrogen-bond acceptors (Lipinski definition) is 5. The van der Waals surface area contributed by atoms with Crippen molar-refractivity contribution in [2.75, 3.05) is 11.5 Å². The van der Waals surface area contributed by atoms with Gasteiger partial charge >= 0.3 is 0 Å². The molecule has 82 valence electrons. The molecule has 6 heteroatoms. The van der Waals surface area contributed by atoms with Crippen molar-refractivity contribution in [2.24, 2.45) is 0 Å². The summed E-state index contributed by atoms with van der Waals surface area (Å²) in [6.45, 7) is 2.00. The van der Waals surface area contributed by atoms with Gasteiger partial charge in [0.1, 0.15) is 0 Å². The molecule has 0 unspecified atom stereocenters. The van der Waals surface area contributed by atoms with Crippen molar-refractivity contribution in [1.82, 2.24) is 15.0 Å². The van der Waals surface area contributed by atoms with Gasteiger partial charge in [-0.05, 0) is 18.6 Å². The fourth-order valence-corrected chi connectivity index (χ4v) is 1.65. The van der Waals surface area contributed by atoms with E-state index in [2.05, 4.69) is 30.9 Å². The minimum absolute atomic E-state index is 0.124. The zero-order valence-electron chi connectivity index (χ0n) is 8.61. The molecule has 0 amide bonds. The van der Waals surface area contributed by atoms with Crippen molar-refractivity contribution >= 4 is 27.8 Å². The Balaban J connectivity index is 2.54. The Morgan fingerprint density at radius 3 is 2.25 bits per heavy atom. The van der Waals surface area contributed by atoms with Crippen LogP contribution in [0, 0.1) is 6.92 Å². The van der Waals surface area contributed by atoms with Crippen LogP contribution in [0.2, 0.25) is 0 Å². The van der Waals surface area contributed by atoms with Gasteiger partial charge in [0.25, 0.3) is 0 Å². The van der Waals surface area contributed by atoms with E-state index in [-0.39, 0.29) is 11.9 Å². The number of halogens is 1. The molecule has 0 aliphatic heterocycles. The molecule has 16 heavy (non-hydrogen) atoms. The number of anilines is 2. The summed E-state index contributed by atoms with van der Waals surface area (Å²) in [5.41, 5.74) is 13.0. The standard InChI is InChI=1S/C10H10BrN5/c1-5-2-3-6(4-7(5)11)8-14-9(12)16-10(13)15-8/h2-4H,1H3,(H4,12,13,14,15,16). The Kier molecular flexibility index (Phi) is 2.74. The molecule has 0 spiro atoms. The lowest BCUT2D eigenvalue weighted by atomic mass is 10.1. The maximum Gasteiger partial charge on any atom is 0.225 e. The van der Waals surface area contributed by atoms with E-state index in [4.69, 9.17) is 11.5 Å². The lowest BCUT2D eigenvalue weighted by molar-refractivity contribution is 1.09. The number of nitrogen functional groups attached to an aromatic ring is 2. The van der Waals surface area contributed by atoms with Gasteiger partial charge in [-0.25, -0.2) is 0 Å². The monoisotopic (exact) mass is 279 g/mol. The molecule has 1 heterocycles. The van der Waals surface area contributed by atoms with E-state index in [9.17, 15) is 0 Å². The predicted octanol–water partition coefficient (Wildman–Crippen LogP) is 1.77. The number of hydrogen-bond donors (Lipinski definition) is 2. The fraction of sp³-hybridized carbons (Fsp3) is 0.100. The summed E-state index contributed by atoms with van der Waals surface area (Å²) in [7, 11) is 0. The Labute approximate surface area is 101 Å². The van der Waals surface area contributed by atoms with Gasteiger partial charge in [0.15, 0.2) is 5.82 Å². The van der Waals surface area contributed by atoms with E-state index in [1.54, 1.807) is 0 Å². The molecule has 1 aromatic heterocycles. The summed E-state index contributed by atoms with van der Waals surface area (Å²) in [4.78, 5) is 11.8. The summed E-state index contributed by atoms with van der Waals surface area (Å²) < 4.78 is 0.988. The molecule has 0 saturated heterocycles. The van der Waals surface area contributed by atoms with E-state index < -0.39 is 0 Å². The van der Waals surface area contributed by atoms with Crippen molar-refractivity contribution in [3.63, 3.8) is 0 Å². The van der Waals surface area contributed by atoms with Crippen LogP contribution in [0.4, 0.5) is 11.9 Å². The van der Waals surface area contributed by atoms with Crippen LogP contribution in [0.25, 0.3) is 11.4 Å². The van der Waals surface area contributed by atoms with Crippen LogP contribution in [0.3, 0.4) is 0 Å². The lowest BCUT2D eigenvalue weighted by Crippen LogP contribution is -2.04. The fourth-order valence-electron chi connectivity index (χ4n) is 1.27. The number of rotatable bonds is 1. The summed E-state index contributed by atoms with van der Waals surface area (Å²) >= 11 is 3.45. The highest BCUT2D eigenvalue weighted by atomic mass is 79.9. The second-order valence-corrected chi connectivity index (χ2v) is 4.19. The van der Waals surface area contributed by atoms with E-state index >= 15 is 0 Å². The van der Waals surface area contributed by atoms with Crippen LogP contribution in [-0.4, -0.2) is 15.0 Å². The van der Waals surface area contributed by atoms with E-state index in [1.165, 1.54) is 0 Å². The van der Waals surface area contributed by atoms with Crippen LogP contribution in [0.1, 0.15) is 5.56 Å². The third-order valence-corrected chi connectivity index (χ3v) is 2.95. The first-order valence-corrected chi connectivity index (χ1v) is 5.39. The number of aryl methyl sites for hydroxylation is 1. The number of aromatic nitrogens is 3. The zero-order chi connectivity index (χ0) is 11.7. The third-order valence-electron chi connectivity index (χ3n) is 2.10. The van der Waals surface area contributed by atoms with Crippen molar-refractivity contribution < 1.29 is 0 Å². The second-order valence-electron chi connectivity index (χ2n) is 3.34. The van der Waals surface area contributed by atoms with Crippen molar-refractivity contribution in [2.45, 2.75) is 6.92 Å². The third kappa shape index (κ3) is 2.11. The van der Waals surface area contributed by atoms with E-state index in [0.717, 1.165) is 15.6 Å². The number of benzene rings is 1. The first kappa shape index (κ1) is 10.8. The maximum atomic E-state index is 5.51. The SMILES string of the molecule is Cc1ccc(-c2nc(N)nc(N)n2)cc1Br. The topological polar surface area (TPSA) is 90.7 Å². The van der Waals surface area contributed by atoms with Gasteiger partial charge in [-0.2, -0.15) is 15.0 Å². The summed E-state index contributed by atoms with van der Waals surface area (Å²) in [6, 6.07) is 5.80. The van der Waals surface area contributed by atoms with Crippen LogP contribution < -0.4 is 11.5 Å². The zero-order valence-corrected chi connectivity index (χ0v) is 10.2. The molecule has 4 N–H and O–H groups in total. The molecule has 1 aromatic carbocycles. The van der Waals surface area contributed by atoms with Crippen molar-refractivity contribution in [3.8, 4) is 11.4 Å². The molecule has 5 nitrogen and oxygen atoms in total. The van der Waals surface area contributed by atoms with E-state index in [0.29, 0.717) is 5.82 Å². The second kappa shape index (κ2) is 4.05. The van der Waals surface area contributed by atoms with Gasteiger partial charge in [-0.3, -0.25) is 0 Å². The average Bonchev–Trinajstić information content (AvgIpc) is 2.20. The predicted molar refractivity (Wildman–Crippen MR) is 66.5 cm³/mol. The summed E-state index contributed by atoms with van der Waals surface area (Å²) in [5.74, 6) is 0.726. The van der Waals surface area contributed by atoms with Gasteiger partial charge in [0, 0.05) is 10.0 Å². The molecule has 2 rings (SSSR count). The van der Waals surface area contributed by atoms with Gasteiger partial charge in [0.05, 0.1) is 0 Å². The Hall–Kier alpha value is -1.69. The number of nitrogens with two attached hydrogens (primary N) is 2. The number of nitrogens with zero attached hydrogens (tertiary/aromatic N) is 3. The normalized spacial score (nSPS) is 10.4. The Morgan fingerprint density at radius 2 is 1.69 bits per heavy atom. The smallest absolute Gasteiger partial charge is 0.225 e. The average molecular weight is 280 g/mol. The van der Waals surface area contributed by atoms with Crippen molar-refractivity contribution in [3.05, 3.63) is 28.2 Å². The summed E-state index contributed by atoms with van der Waals surface area (Å²) in [6.07, 6.45) is 0. The minimum atomic E-state index is 0.124. The van der Waals surface area contributed by atoms with Crippen LogP contribution in [0.15, 0.2) is 22.7 Å².